The van der Waals surface area contributed by atoms with Gasteiger partial charge in [0.1, 0.15) is 17.7 Å². The van der Waals surface area contributed by atoms with E-state index < -0.39 is 11.9 Å². The van der Waals surface area contributed by atoms with Crippen LogP contribution in [0.5, 0.6) is 0 Å². The molecule has 2 aromatic rings. The molecule has 0 aromatic heterocycles. The molecular weight excluding hydrogens is 262 g/mol. The predicted octanol–water partition coefficient (Wildman–Crippen LogP) is 2.51. The molecule has 0 fully saturated rings. The summed E-state index contributed by atoms with van der Waals surface area (Å²) in [5.41, 5.74) is 7.68. The number of rotatable bonds is 2. The van der Waals surface area contributed by atoms with Crippen LogP contribution < -0.4 is 10.6 Å². The second-order valence-corrected chi connectivity index (χ2v) is 4.73. The zero-order chi connectivity index (χ0) is 14.3. The first kappa shape index (κ1) is 12.7. The second kappa shape index (κ2) is 4.68. The van der Waals surface area contributed by atoms with Gasteiger partial charge in [-0.2, -0.15) is 0 Å². The van der Waals surface area contributed by atoms with Gasteiger partial charge in [0, 0.05) is 11.3 Å². The number of carbonyl (C=O) groups excluding carboxylic acids is 1. The lowest BCUT2D eigenvalue weighted by molar-refractivity contribution is -0.119. The lowest BCUT2D eigenvalue weighted by Crippen LogP contribution is -2.31. The average molecular weight is 274 g/mol. The van der Waals surface area contributed by atoms with E-state index >= 15 is 0 Å². The summed E-state index contributed by atoms with van der Waals surface area (Å²) < 4.78 is 26.1. The number of hydrogen-bond donors (Lipinski definition) is 1. The van der Waals surface area contributed by atoms with E-state index in [0.29, 0.717) is 11.3 Å². The van der Waals surface area contributed by atoms with Crippen molar-refractivity contribution in [3.05, 3.63) is 65.2 Å². The van der Waals surface area contributed by atoms with E-state index in [1.165, 1.54) is 29.2 Å². The fraction of sp³-hybridized carbons (Fsp3) is 0.133. The Kier molecular flexibility index (Phi) is 2.99. The Balaban J connectivity index is 1.95. The van der Waals surface area contributed by atoms with E-state index in [1.54, 1.807) is 18.2 Å². The summed E-state index contributed by atoms with van der Waals surface area (Å²) in [7, 11) is 0. The molecule has 1 heterocycles. The van der Waals surface area contributed by atoms with Crippen LogP contribution in [0.2, 0.25) is 0 Å². The first-order chi connectivity index (χ1) is 9.56. The number of hydrogen-bond acceptors (Lipinski definition) is 2. The normalized spacial score (nSPS) is 17.4. The van der Waals surface area contributed by atoms with Gasteiger partial charge in [0.25, 0.3) is 0 Å². The zero-order valence-corrected chi connectivity index (χ0v) is 10.5. The highest BCUT2D eigenvalue weighted by Gasteiger charge is 2.34. The highest BCUT2D eigenvalue weighted by molar-refractivity contribution is 6.04. The van der Waals surface area contributed by atoms with E-state index in [0.717, 1.165) is 5.56 Å². The lowest BCUT2D eigenvalue weighted by Gasteiger charge is -2.17. The maximum atomic E-state index is 13.2. The van der Waals surface area contributed by atoms with Crippen LogP contribution in [-0.2, 0) is 11.3 Å². The molecule has 102 valence electrons. The smallest absolute Gasteiger partial charge is 0.248 e. The van der Waals surface area contributed by atoms with Crippen molar-refractivity contribution in [3.8, 4) is 0 Å². The average Bonchev–Trinajstić information content (AvgIpc) is 2.66. The topological polar surface area (TPSA) is 46.3 Å². The van der Waals surface area contributed by atoms with Crippen LogP contribution >= 0.6 is 0 Å². The minimum Gasteiger partial charge on any atom is -0.316 e. The lowest BCUT2D eigenvalue weighted by atomic mass is 10.1. The largest absolute Gasteiger partial charge is 0.316 e. The summed E-state index contributed by atoms with van der Waals surface area (Å²) in [5, 5.41) is 0. The number of benzene rings is 2. The van der Waals surface area contributed by atoms with Gasteiger partial charge in [-0.25, -0.2) is 8.78 Å². The molecular formula is C15H12F2N2O. The van der Waals surface area contributed by atoms with E-state index in [-0.39, 0.29) is 18.3 Å². The van der Waals surface area contributed by atoms with E-state index in [4.69, 9.17) is 5.73 Å². The van der Waals surface area contributed by atoms with Crippen LogP contribution in [0.15, 0.2) is 42.5 Å². The second-order valence-electron chi connectivity index (χ2n) is 4.73. The van der Waals surface area contributed by atoms with Crippen molar-refractivity contribution in [3.63, 3.8) is 0 Å². The first-order valence-electron chi connectivity index (χ1n) is 6.17. The predicted molar refractivity (Wildman–Crippen MR) is 70.9 cm³/mol. The Morgan fingerprint density at radius 3 is 2.40 bits per heavy atom. The molecule has 2 N–H and O–H groups in total. The maximum Gasteiger partial charge on any atom is 0.248 e. The third-order valence-electron chi connectivity index (χ3n) is 3.40. The molecule has 3 rings (SSSR count). The molecule has 1 amide bonds. The molecule has 0 saturated carbocycles. The van der Waals surface area contributed by atoms with Gasteiger partial charge in [-0.1, -0.05) is 12.1 Å². The van der Waals surface area contributed by atoms with Gasteiger partial charge in [0.2, 0.25) is 5.91 Å². The van der Waals surface area contributed by atoms with Crippen LogP contribution in [0.3, 0.4) is 0 Å². The highest BCUT2D eigenvalue weighted by atomic mass is 19.1. The minimum atomic E-state index is -0.846. The molecule has 0 bridgehead atoms. The van der Waals surface area contributed by atoms with Crippen LogP contribution in [-0.4, -0.2) is 5.91 Å². The SMILES string of the molecule is N[C@@H]1C(=O)N(Cc2ccc(F)cc2)c2ccc(F)cc21. The molecule has 1 aliphatic rings. The molecule has 0 unspecified atom stereocenters. The number of anilines is 1. The molecule has 2 aromatic carbocycles. The molecule has 0 saturated heterocycles. The van der Waals surface area contributed by atoms with Gasteiger partial charge in [-0.3, -0.25) is 4.79 Å². The van der Waals surface area contributed by atoms with Crippen molar-refractivity contribution >= 4 is 11.6 Å². The Morgan fingerprint density at radius 2 is 1.70 bits per heavy atom. The third kappa shape index (κ3) is 2.06. The molecule has 1 atom stereocenters. The third-order valence-corrected chi connectivity index (χ3v) is 3.40. The molecule has 1 aliphatic heterocycles. The van der Waals surface area contributed by atoms with Crippen LogP contribution in [0.4, 0.5) is 14.5 Å². The van der Waals surface area contributed by atoms with E-state index in [2.05, 4.69) is 0 Å². The Bertz CT molecular complexity index is 670. The summed E-state index contributed by atoms with van der Waals surface area (Å²) in [5.74, 6) is -1.04. The van der Waals surface area contributed by atoms with Crippen molar-refractivity contribution in [2.75, 3.05) is 4.90 Å². The summed E-state index contributed by atoms with van der Waals surface area (Å²) in [6, 6.07) is 9.15. The van der Waals surface area contributed by atoms with Gasteiger partial charge in [0.05, 0.1) is 6.54 Å². The number of halogens is 2. The molecule has 5 heteroatoms. The van der Waals surface area contributed by atoms with Crippen LogP contribution in [0.1, 0.15) is 17.2 Å². The number of nitrogens with two attached hydrogens (primary N) is 1. The number of amides is 1. The van der Waals surface area contributed by atoms with Crippen molar-refractivity contribution in [2.24, 2.45) is 5.73 Å². The molecule has 0 radical (unpaired) electrons. The monoisotopic (exact) mass is 274 g/mol. The zero-order valence-electron chi connectivity index (χ0n) is 10.5. The Labute approximate surface area is 114 Å². The van der Waals surface area contributed by atoms with Crippen molar-refractivity contribution in [1.82, 2.24) is 0 Å². The van der Waals surface area contributed by atoms with E-state index in [9.17, 15) is 13.6 Å². The minimum absolute atomic E-state index is 0.282. The van der Waals surface area contributed by atoms with Crippen molar-refractivity contribution in [1.29, 1.82) is 0 Å². The van der Waals surface area contributed by atoms with Crippen LogP contribution in [0.25, 0.3) is 0 Å². The van der Waals surface area contributed by atoms with E-state index in [1.807, 2.05) is 0 Å². The standard InChI is InChI=1S/C15H12F2N2O/c16-10-3-1-9(2-4-10)8-19-13-6-5-11(17)7-12(13)14(18)15(19)20/h1-7,14H,8,18H2/t14-/m0/s1. The van der Waals surface area contributed by atoms with Gasteiger partial charge in [-0.15, -0.1) is 0 Å². The Hall–Kier alpha value is -2.27. The summed E-state index contributed by atoms with van der Waals surface area (Å²) in [4.78, 5) is 13.6. The van der Waals surface area contributed by atoms with Gasteiger partial charge in [-0.05, 0) is 35.9 Å². The molecule has 3 nitrogen and oxygen atoms in total. The molecule has 20 heavy (non-hydrogen) atoms. The first-order valence-corrected chi connectivity index (χ1v) is 6.17. The fourth-order valence-corrected chi connectivity index (χ4v) is 2.38. The summed E-state index contributed by atoms with van der Waals surface area (Å²) in [6.07, 6.45) is 0. The number of fused-ring (bicyclic) bond motifs is 1. The molecule has 0 aliphatic carbocycles. The highest BCUT2D eigenvalue weighted by Crippen LogP contribution is 2.35. The fourth-order valence-electron chi connectivity index (χ4n) is 2.38. The summed E-state index contributed by atoms with van der Waals surface area (Å²) in [6.45, 7) is 0.283. The quantitative estimate of drug-likeness (QED) is 0.914. The van der Waals surface area contributed by atoms with Crippen molar-refractivity contribution < 1.29 is 13.6 Å². The van der Waals surface area contributed by atoms with Gasteiger partial charge >= 0.3 is 0 Å². The van der Waals surface area contributed by atoms with Gasteiger partial charge < -0.3 is 10.6 Å². The van der Waals surface area contributed by atoms with Gasteiger partial charge in [0.15, 0.2) is 0 Å². The Morgan fingerprint density at radius 1 is 1.05 bits per heavy atom. The maximum absolute atomic E-state index is 13.2. The molecule has 0 spiro atoms. The number of carbonyl (C=O) groups is 1. The number of nitrogens with zero attached hydrogens (tertiary/aromatic N) is 1. The van der Waals surface area contributed by atoms with Crippen molar-refractivity contribution in [2.45, 2.75) is 12.6 Å². The summed E-state index contributed by atoms with van der Waals surface area (Å²) >= 11 is 0. The van der Waals surface area contributed by atoms with Crippen LogP contribution in [0, 0.1) is 11.6 Å².